The lowest BCUT2D eigenvalue weighted by Gasteiger charge is -2.16. The third kappa shape index (κ3) is 10.1. The summed E-state index contributed by atoms with van der Waals surface area (Å²) in [6.45, 7) is 0.474. The van der Waals surface area contributed by atoms with Crippen LogP contribution in [0.1, 0.15) is 70.6 Å². The third-order valence-corrected chi connectivity index (χ3v) is 5.88. The SMILES string of the molecule is [N-]=[N+]=NCCCCC[C@H](O)/C=C/[C@H]1[C@H](O)CC(=O)[C@@H]1C/C=C\CCCC(=O)NC1CC1. The predicted molar refractivity (Wildman–Crippen MR) is 119 cm³/mol. The van der Waals surface area contributed by atoms with E-state index in [2.05, 4.69) is 15.3 Å². The van der Waals surface area contributed by atoms with Crippen molar-refractivity contribution in [3.63, 3.8) is 0 Å². The van der Waals surface area contributed by atoms with Crippen LogP contribution in [-0.4, -0.2) is 46.7 Å². The Morgan fingerprint density at radius 1 is 1.26 bits per heavy atom. The van der Waals surface area contributed by atoms with Crippen LogP contribution in [0.5, 0.6) is 0 Å². The molecule has 31 heavy (non-hydrogen) atoms. The van der Waals surface area contributed by atoms with Gasteiger partial charge in [0.15, 0.2) is 0 Å². The minimum absolute atomic E-state index is 0.0585. The monoisotopic (exact) mass is 432 g/mol. The molecule has 2 aliphatic rings. The van der Waals surface area contributed by atoms with Crippen LogP contribution in [0.4, 0.5) is 0 Å². The van der Waals surface area contributed by atoms with E-state index in [1.54, 1.807) is 12.2 Å². The number of carbonyl (C=O) groups is 2. The van der Waals surface area contributed by atoms with Gasteiger partial charge in [-0.15, -0.1) is 0 Å². The second kappa shape index (κ2) is 14.0. The number of ketones is 1. The summed E-state index contributed by atoms with van der Waals surface area (Å²) in [4.78, 5) is 26.6. The Morgan fingerprint density at radius 3 is 2.81 bits per heavy atom. The Balaban J connectivity index is 1.67. The summed E-state index contributed by atoms with van der Waals surface area (Å²) in [6, 6.07) is 0.399. The number of aliphatic hydroxyl groups excluding tert-OH is 2. The first kappa shape index (κ1) is 25.1. The second-order valence-electron chi connectivity index (χ2n) is 8.62. The van der Waals surface area contributed by atoms with E-state index < -0.39 is 12.2 Å². The van der Waals surface area contributed by atoms with Crippen LogP contribution in [0.3, 0.4) is 0 Å². The number of rotatable bonds is 15. The minimum atomic E-state index is -0.704. The number of Topliss-reactive ketones (excluding diaryl/α,β-unsaturated/α-hetero) is 1. The first-order chi connectivity index (χ1) is 15.0. The molecular weight excluding hydrogens is 396 g/mol. The van der Waals surface area contributed by atoms with Gasteiger partial charge in [-0.05, 0) is 50.5 Å². The molecule has 8 nitrogen and oxygen atoms in total. The molecule has 0 unspecified atom stereocenters. The average Bonchev–Trinajstić information content (AvgIpc) is 3.50. The summed E-state index contributed by atoms with van der Waals surface area (Å²) in [5.41, 5.74) is 8.23. The molecule has 0 radical (unpaired) electrons. The fourth-order valence-electron chi connectivity index (χ4n) is 3.91. The molecule has 0 spiro atoms. The fraction of sp³-hybridized carbons (Fsp3) is 0.739. The molecule has 8 heteroatoms. The Kier molecular flexibility index (Phi) is 11.4. The maximum atomic E-state index is 12.3. The van der Waals surface area contributed by atoms with Crippen molar-refractivity contribution >= 4 is 11.7 Å². The number of allylic oxidation sites excluding steroid dienone is 2. The zero-order chi connectivity index (χ0) is 22.5. The molecular formula is C23H36N4O4. The highest BCUT2D eigenvalue weighted by Gasteiger charge is 2.39. The normalized spacial score (nSPS) is 24.6. The Bertz CT molecular complexity index is 683. The Labute approximate surface area is 184 Å². The lowest BCUT2D eigenvalue weighted by molar-refractivity contribution is -0.122. The molecule has 172 valence electrons. The molecule has 2 saturated carbocycles. The number of hydrogen-bond acceptors (Lipinski definition) is 5. The van der Waals surface area contributed by atoms with Crippen LogP contribution in [0.25, 0.3) is 10.4 Å². The molecule has 0 aromatic carbocycles. The topological polar surface area (TPSA) is 135 Å². The van der Waals surface area contributed by atoms with Crippen LogP contribution in [-0.2, 0) is 9.59 Å². The molecule has 0 saturated heterocycles. The van der Waals surface area contributed by atoms with Crippen molar-refractivity contribution in [3.8, 4) is 0 Å². The maximum Gasteiger partial charge on any atom is 0.220 e. The number of unbranched alkanes of at least 4 members (excludes halogenated alkanes) is 3. The first-order valence-corrected chi connectivity index (χ1v) is 11.5. The lowest BCUT2D eigenvalue weighted by Crippen LogP contribution is -2.24. The number of nitrogens with one attached hydrogen (secondary N) is 1. The number of carbonyl (C=O) groups excluding carboxylic acids is 2. The predicted octanol–water partition coefficient (Wildman–Crippen LogP) is 3.74. The highest BCUT2D eigenvalue weighted by Crippen LogP contribution is 2.33. The van der Waals surface area contributed by atoms with Gasteiger partial charge in [0.05, 0.1) is 12.2 Å². The highest BCUT2D eigenvalue weighted by molar-refractivity contribution is 5.84. The molecule has 0 bridgehead atoms. The zero-order valence-corrected chi connectivity index (χ0v) is 18.2. The Morgan fingerprint density at radius 2 is 2.06 bits per heavy atom. The van der Waals surface area contributed by atoms with Crippen molar-refractivity contribution in [1.29, 1.82) is 0 Å². The molecule has 0 aromatic heterocycles. The van der Waals surface area contributed by atoms with Gasteiger partial charge >= 0.3 is 0 Å². The smallest absolute Gasteiger partial charge is 0.220 e. The molecule has 0 heterocycles. The van der Waals surface area contributed by atoms with Gasteiger partial charge in [-0.25, -0.2) is 0 Å². The van der Waals surface area contributed by atoms with Crippen LogP contribution < -0.4 is 5.32 Å². The average molecular weight is 433 g/mol. The van der Waals surface area contributed by atoms with E-state index in [0.717, 1.165) is 44.9 Å². The van der Waals surface area contributed by atoms with Gasteiger partial charge in [0.25, 0.3) is 0 Å². The van der Waals surface area contributed by atoms with E-state index in [1.807, 2.05) is 12.2 Å². The summed E-state index contributed by atoms with van der Waals surface area (Å²) >= 11 is 0. The molecule has 0 aliphatic heterocycles. The molecule has 2 fully saturated rings. The summed E-state index contributed by atoms with van der Waals surface area (Å²) in [5.74, 6) is -0.370. The van der Waals surface area contributed by atoms with E-state index in [9.17, 15) is 19.8 Å². The zero-order valence-electron chi connectivity index (χ0n) is 18.2. The van der Waals surface area contributed by atoms with Gasteiger partial charge in [-0.3, -0.25) is 9.59 Å². The largest absolute Gasteiger partial charge is 0.392 e. The summed E-state index contributed by atoms with van der Waals surface area (Å²) in [5, 5.41) is 26.9. The van der Waals surface area contributed by atoms with E-state index in [0.29, 0.717) is 31.8 Å². The van der Waals surface area contributed by atoms with Gasteiger partial charge in [0.2, 0.25) is 5.91 Å². The van der Waals surface area contributed by atoms with Crippen molar-refractivity contribution < 1.29 is 19.8 Å². The maximum absolute atomic E-state index is 12.3. The van der Waals surface area contributed by atoms with E-state index in [1.165, 1.54) is 0 Å². The van der Waals surface area contributed by atoms with Gasteiger partial charge in [-0.2, -0.15) is 0 Å². The number of amides is 1. The molecule has 2 rings (SSSR count). The molecule has 4 atom stereocenters. The van der Waals surface area contributed by atoms with E-state index >= 15 is 0 Å². The summed E-state index contributed by atoms with van der Waals surface area (Å²) in [6.07, 6.45) is 14.3. The number of azide groups is 1. The van der Waals surface area contributed by atoms with Crippen LogP contribution in [0.15, 0.2) is 29.4 Å². The molecule has 3 N–H and O–H groups in total. The van der Waals surface area contributed by atoms with Gasteiger partial charge in [-0.1, -0.05) is 42.3 Å². The lowest BCUT2D eigenvalue weighted by atomic mass is 9.90. The molecule has 1 amide bonds. The highest BCUT2D eigenvalue weighted by atomic mass is 16.3. The van der Waals surface area contributed by atoms with Crippen LogP contribution in [0.2, 0.25) is 0 Å². The standard InChI is InChI=1S/C23H36N4O4/c24-27-25-15-7-3-4-8-18(28)13-14-20-19(21(29)16-22(20)30)9-5-1-2-6-10-23(31)26-17-11-12-17/h1,5,13-14,17-20,22,28,30H,2-4,6-12,15-16H2,(H,26,31)/b5-1-,14-13+/t18-,19+,20+,22+/m0/s1. The van der Waals surface area contributed by atoms with Crippen molar-refractivity contribution in [3.05, 3.63) is 34.7 Å². The molecule has 2 aliphatic carbocycles. The summed E-state index contributed by atoms with van der Waals surface area (Å²) < 4.78 is 0. The fourth-order valence-corrected chi connectivity index (χ4v) is 3.91. The molecule has 0 aromatic rings. The first-order valence-electron chi connectivity index (χ1n) is 11.5. The van der Waals surface area contributed by atoms with E-state index in [4.69, 9.17) is 5.53 Å². The quantitative estimate of drug-likeness (QED) is 0.119. The van der Waals surface area contributed by atoms with Gasteiger partial charge < -0.3 is 15.5 Å². The van der Waals surface area contributed by atoms with Crippen molar-refractivity contribution in [2.24, 2.45) is 17.0 Å². The van der Waals surface area contributed by atoms with Crippen molar-refractivity contribution in [1.82, 2.24) is 5.32 Å². The van der Waals surface area contributed by atoms with Crippen molar-refractivity contribution in [2.45, 2.75) is 88.9 Å². The Hall–Kier alpha value is -2.15. The number of hydrogen-bond donors (Lipinski definition) is 3. The van der Waals surface area contributed by atoms with Crippen molar-refractivity contribution in [2.75, 3.05) is 6.54 Å². The van der Waals surface area contributed by atoms with Crippen LogP contribution >= 0.6 is 0 Å². The van der Waals surface area contributed by atoms with Gasteiger partial charge in [0.1, 0.15) is 5.78 Å². The van der Waals surface area contributed by atoms with Gasteiger partial charge in [0, 0.05) is 42.2 Å². The summed E-state index contributed by atoms with van der Waals surface area (Å²) in [7, 11) is 0. The number of nitrogens with zero attached hydrogens (tertiary/aromatic N) is 3. The minimum Gasteiger partial charge on any atom is -0.392 e. The van der Waals surface area contributed by atoms with Crippen LogP contribution in [0, 0.1) is 11.8 Å². The third-order valence-electron chi connectivity index (χ3n) is 5.88. The second-order valence-corrected chi connectivity index (χ2v) is 8.62. The van der Waals surface area contributed by atoms with E-state index in [-0.39, 0.29) is 29.9 Å². The number of aliphatic hydroxyl groups is 2.